The molecular weight excluding hydrogens is 380 g/mol. The molecule has 0 saturated carbocycles. The summed E-state index contributed by atoms with van der Waals surface area (Å²) in [6.45, 7) is 2.35. The number of aliphatic hydroxyl groups is 1. The van der Waals surface area contributed by atoms with Gasteiger partial charge in [0.15, 0.2) is 0 Å². The van der Waals surface area contributed by atoms with Crippen LogP contribution in [0.15, 0.2) is 30.3 Å². The quantitative estimate of drug-likeness (QED) is 0.255. The number of aliphatic hydroxyl groups excluding tert-OH is 1. The van der Waals surface area contributed by atoms with Crippen molar-refractivity contribution in [3.05, 3.63) is 35.9 Å². The van der Waals surface area contributed by atoms with Gasteiger partial charge in [0.2, 0.25) is 17.7 Å². The molecule has 160 valence electrons. The monoisotopic (exact) mass is 408 g/mol. The maximum atomic E-state index is 12.3. The molecule has 7 N–H and O–H groups in total. The SMILES string of the molecule is CC(C)C(NC(=O)C(N)CO)C(=O)NCC(=O)NC(Cc1ccccc1)C(=O)O. The van der Waals surface area contributed by atoms with Gasteiger partial charge in [0.25, 0.3) is 0 Å². The highest BCUT2D eigenvalue weighted by molar-refractivity contribution is 5.92. The molecule has 1 rings (SSSR count). The van der Waals surface area contributed by atoms with Gasteiger partial charge in [0.1, 0.15) is 18.1 Å². The fourth-order valence-electron chi connectivity index (χ4n) is 2.45. The molecule has 0 aliphatic heterocycles. The number of amides is 3. The minimum atomic E-state index is -1.20. The Bertz CT molecular complexity index is 710. The van der Waals surface area contributed by atoms with E-state index in [2.05, 4.69) is 16.0 Å². The molecule has 0 heterocycles. The molecule has 0 aliphatic carbocycles. The Morgan fingerprint density at radius 2 is 1.66 bits per heavy atom. The van der Waals surface area contributed by atoms with Crippen molar-refractivity contribution in [3.8, 4) is 0 Å². The van der Waals surface area contributed by atoms with Gasteiger partial charge in [0.05, 0.1) is 13.2 Å². The number of hydrogen-bond donors (Lipinski definition) is 6. The van der Waals surface area contributed by atoms with Crippen LogP contribution in [0.4, 0.5) is 0 Å². The maximum absolute atomic E-state index is 12.3. The normalized spacial score (nSPS) is 13.8. The molecule has 3 amide bonds. The summed E-state index contributed by atoms with van der Waals surface area (Å²) in [6.07, 6.45) is 0.0968. The van der Waals surface area contributed by atoms with E-state index in [4.69, 9.17) is 10.8 Å². The Hall–Kier alpha value is -2.98. The molecule has 3 atom stereocenters. The Balaban J connectivity index is 2.62. The van der Waals surface area contributed by atoms with Crippen molar-refractivity contribution in [1.82, 2.24) is 16.0 Å². The van der Waals surface area contributed by atoms with Crippen LogP contribution >= 0.6 is 0 Å². The van der Waals surface area contributed by atoms with E-state index in [1.807, 2.05) is 0 Å². The topological polar surface area (TPSA) is 171 Å². The van der Waals surface area contributed by atoms with Crippen molar-refractivity contribution in [2.75, 3.05) is 13.2 Å². The number of rotatable bonds is 11. The van der Waals surface area contributed by atoms with E-state index >= 15 is 0 Å². The lowest BCUT2D eigenvalue weighted by Crippen LogP contribution is -2.56. The number of aliphatic carboxylic acids is 1. The van der Waals surface area contributed by atoms with Crippen LogP contribution in [0.2, 0.25) is 0 Å². The van der Waals surface area contributed by atoms with E-state index in [0.29, 0.717) is 0 Å². The standard InChI is InChI=1S/C19H28N4O6/c1-11(2)16(23-17(26)13(20)10-24)18(27)21-9-15(25)22-14(19(28)29)8-12-6-4-3-5-7-12/h3-7,11,13-14,16,24H,8-10,20H2,1-2H3,(H,21,27)(H,22,25)(H,23,26)(H,28,29). The van der Waals surface area contributed by atoms with E-state index < -0.39 is 55.0 Å². The van der Waals surface area contributed by atoms with Crippen LogP contribution in [-0.4, -0.2) is 65.2 Å². The van der Waals surface area contributed by atoms with Gasteiger partial charge in [-0.05, 0) is 11.5 Å². The summed E-state index contributed by atoms with van der Waals surface area (Å²) in [7, 11) is 0. The third-order valence-corrected chi connectivity index (χ3v) is 4.12. The van der Waals surface area contributed by atoms with Gasteiger partial charge in [-0.1, -0.05) is 44.2 Å². The van der Waals surface area contributed by atoms with Gasteiger partial charge in [-0.3, -0.25) is 14.4 Å². The first-order chi connectivity index (χ1) is 13.6. The molecule has 10 heteroatoms. The van der Waals surface area contributed by atoms with Crippen molar-refractivity contribution in [2.45, 2.75) is 38.4 Å². The zero-order valence-electron chi connectivity index (χ0n) is 16.4. The van der Waals surface area contributed by atoms with Crippen LogP contribution in [0, 0.1) is 5.92 Å². The summed E-state index contributed by atoms with van der Waals surface area (Å²) in [4.78, 5) is 47.6. The second kappa shape index (κ2) is 11.8. The number of benzene rings is 1. The lowest BCUT2D eigenvalue weighted by Gasteiger charge is -2.23. The Labute approximate surface area is 168 Å². The maximum Gasteiger partial charge on any atom is 0.326 e. The molecule has 3 unspecified atom stereocenters. The van der Waals surface area contributed by atoms with Crippen LogP contribution in [0.5, 0.6) is 0 Å². The number of hydrogen-bond acceptors (Lipinski definition) is 6. The lowest BCUT2D eigenvalue weighted by molar-refractivity contribution is -0.141. The summed E-state index contributed by atoms with van der Waals surface area (Å²) in [5.41, 5.74) is 6.16. The summed E-state index contributed by atoms with van der Waals surface area (Å²) >= 11 is 0. The van der Waals surface area contributed by atoms with Crippen molar-refractivity contribution >= 4 is 23.7 Å². The first kappa shape index (κ1) is 24.1. The molecule has 0 aromatic heterocycles. The van der Waals surface area contributed by atoms with Crippen LogP contribution < -0.4 is 21.7 Å². The molecule has 0 spiro atoms. The third-order valence-electron chi connectivity index (χ3n) is 4.12. The fourth-order valence-corrected chi connectivity index (χ4v) is 2.45. The smallest absolute Gasteiger partial charge is 0.326 e. The lowest BCUT2D eigenvalue weighted by atomic mass is 10.0. The van der Waals surface area contributed by atoms with Crippen LogP contribution in [0.3, 0.4) is 0 Å². The van der Waals surface area contributed by atoms with E-state index in [1.54, 1.807) is 44.2 Å². The highest BCUT2D eigenvalue weighted by Gasteiger charge is 2.27. The van der Waals surface area contributed by atoms with E-state index in [0.717, 1.165) is 5.56 Å². The fraction of sp³-hybridized carbons (Fsp3) is 0.474. The largest absolute Gasteiger partial charge is 0.480 e. The average Bonchev–Trinajstić information content (AvgIpc) is 2.69. The minimum Gasteiger partial charge on any atom is -0.480 e. The van der Waals surface area contributed by atoms with Crippen LogP contribution in [0.1, 0.15) is 19.4 Å². The number of nitrogens with one attached hydrogen (secondary N) is 3. The second-order valence-corrected chi connectivity index (χ2v) is 6.89. The summed E-state index contributed by atoms with van der Waals surface area (Å²) in [5.74, 6) is -3.50. The highest BCUT2D eigenvalue weighted by atomic mass is 16.4. The molecule has 10 nitrogen and oxygen atoms in total. The van der Waals surface area contributed by atoms with Gasteiger partial charge in [-0.2, -0.15) is 0 Å². The Kier molecular flexibility index (Phi) is 9.76. The van der Waals surface area contributed by atoms with Gasteiger partial charge in [-0.15, -0.1) is 0 Å². The zero-order chi connectivity index (χ0) is 22.0. The van der Waals surface area contributed by atoms with E-state index in [9.17, 15) is 24.3 Å². The Morgan fingerprint density at radius 1 is 1.03 bits per heavy atom. The average molecular weight is 408 g/mol. The van der Waals surface area contributed by atoms with Crippen LogP contribution in [0.25, 0.3) is 0 Å². The van der Waals surface area contributed by atoms with Gasteiger partial charge >= 0.3 is 5.97 Å². The zero-order valence-corrected chi connectivity index (χ0v) is 16.4. The van der Waals surface area contributed by atoms with Crippen molar-refractivity contribution in [2.24, 2.45) is 11.7 Å². The molecule has 0 fully saturated rings. The van der Waals surface area contributed by atoms with Crippen molar-refractivity contribution in [3.63, 3.8) is 0 Å². The first-order valence-corrected chi connectivity index (χ1v) is 9.16. The van der Waals surface area contributed by atoms with Crippen molar-refractivity contribution in [1.29, 1.82) is 0 Å². The molecule has 0 aliphatic rings. The predicted octanol–water partition coefficient (Wildman–Crippen LogP) is -1.62. The summed E-state index contributed by atoms with van der Waals surface area (Å²) in [5, 5.41) is 25.4. The number of carboxylic acid groups (broad SMARTS) is 1. The molecule has 1 aromatic rings. The third kappa shape index (κ3) is 8.28. The van der Waals surface area contributed by atoms with Crippen LogP contribution in [-0.2, 0) is 25.6 Å². The van der Waals surface area contributed by atoms with Gasteiger partial charge in [-0.25, -0.2) is 4.79 Å². The first-order valence-electron chi connectivity index (χ1n) is 9.16. The molecule has 1 aromatic carbocycles. The van der Waals surface area contributed by atoms with E-state index in [1.165, 1.54) is 0 Å². The minimum absolute atomic E-state index is 0.0968. The van der Waals surface area contributed by atoms with E-state index in [-0.39, 0.29) is 12.3 Å². The Morgan fingerprint density at radius 3 is 2.17 bits per heavy atom. The highest BCUT2D eigenvalue weighted by Crippen LogP contribution is 2.04. The number of carbonyl (C=O) groups excluding carboxylic acids is 3. The summed E-state index contributed by atoms with van der Waals surface area (Å²) < 4.78 is 0. The van der Waals surface area contributed by atoms with Gasteiger partial charge in [0, 0.05) is 6.42 Å². The van der Waals surface area contributed by atoms with Gasteiger partial charge < -0.3 is 31.9 Å². The second-order valence-electron chi connectivity index (χ2n) is 6.89. The predicted molar refractivity (Wildman–Crippen MR) is 105 cm³/mol. The molecular formula is C19H28N4O6. The molecule has 0 saturated heterocycles. The molecule has 29 heavy (non-hydrogen) atoms. The van der Waals surface area contributed by atoms with Crippen molar-refractivity contribution < 1.29 is 29.4 Å². The molecule has 0 radical (unpaired) electrons. The summed E-state index contributed by atoms with van der Waals surface area (Å²) in [6, 6.07) is 5.54. The number of nitrogens with two attached hydrogens (primary N) is 1. The number of carboxylic acids is 1. The number of carbonyl (C=O) groups is 4. The molecule has 0 bridgehead atoms.